The van der Waals surface area contributed by atoms with Gasteiger partial charge in [-0.2, -0.15) is 0 Å². The van der Waals surface area contributed by atoms with E-state index >= 15 is 0 Å². The predicted octanol–water partition coefficient (Wildman–Crippen LogP) is 1.88. The number of rotatable bonds is 4. The minimum Gasteiger partial charge on any atom is -0.383 e. The molecule has 1 aromatic rings. The van der Waals surface area contributed by atoms with Gasteiger partial charge in [-0.15, -0.1) is 0 Å². The van der Waals surface area contributed by atoms with E-state index in [0.29, 0.717) is 17.2 Å². The van der Waals surface area contributed by atoms with Gasteiger partial charge in [0.15, 0.2) is 0 Å². The van der Waals surface area contributed by atoms with Gasteiger partial charge >= 0.3 is 6.03 Å². The number of amides is 3. The number of urea groups is 1. The van der Waals surface area contributed by atoms with Crippen LogP contribution in [0.2, 0.25) is 5.02 Å². The predicted molar refractivity (Wildman–Crippen MR) is 71.5 cm³/mol. The number of carbonyl (C=O) groups is 2. The van der Waals surface area contributed by atoms with Crippen molar-refractivity contribution >= 4 is 29.6 Å². The lowest BCUT2D eigenvalue weighted by atomic mass is 10.2. The van der Waals surface area contributed by atoms with Crippen LogP contribution in [-0.4, -0.2) is 37.1 Å². The van der Waals surface area contributed by atoms with Crippen LogP contribution in [0.4, 0.5) is 4.79 Å². The van der Waals surface area contributed by atoms with Gasteiger partial charge in [-0.3, -0.25) is 9.69 Å². The van der Waals surface area contributed by atoms with E-state index in [2.05, 4.69) is 5.32 Å². The fraction of sp³-hybridized carbons (Fsp3) is 0.231. The van der Waals surface area contributed by atoms with E-state index < -0.39 is 6.03 Å². The second-order valence-electron chi connectivity index (χ2n) is 3.96. The molecule has 1 N–H and O–H groups in total. The maximum absolute atomic E-state index is 12.0. The van der Waals surface area contributed by atoms with Crippen molar-refractivity contribution in [3.8, 4) is 0 Å². The van der Waals surface area contributed by atoms with Crippen molar-refractivity contribution in [2.24, 2.45) is 0 Å². The van der Waals surface area contributed by atoms with E-state index in [4.69, 9.17) is 16.3 Å². The Balaban J connectivity index is 2.21. The van der Waals surface area contributed by atoms with Crippen LogP contribution in [0.3, 0.4) is 0 Å². The van der Waals surface area contributed by atoms with Crippen LogP contribution in [0.25, 0.3) is 6.08 Å². The van der Waals surface area contributed by atoms with Gasteiger partial charge in [0, 0.05) is 12.1 Å². The third-order valence-electron chi connectivity index (χ3n) is 2.69. The topological polar surface area (TPSA) is 58.6 Å². The second kappa shape index (κ2) is 5.86. The first-order valence-electron chi connectivity index (χ1n) is 5.71. The van der Waals surface area contributed by atoms with Crippen molar-refractivity contribution in [1.82, 2.24) is 10.2 Å². The van der Waals surface area contributed by atoms with Crippen molar-refractivity contribution in [2.75, 3.05) is 20.3 Å². The first-order valence-corrected chi connectivity index (χ1v) is 6.09. The molecule has 1 saturated heterocycles. The van der Waals surface area contributed by atoms with E-state index in [1.807, 2.05) is 6.07 Å². The average Bonchev–Trinajstić information content (AvgIpc) is 2.65. The summed E-state index contributed by atoms with van der Waals surface area (Å²) >= 11 is 6.00. The molecule has 100 valence electrons. The third kappa shape index (κ3) is 2.94. The van der Waals surface area contributed by atoms with Gasteiger partial charge in [0.25, 0.3) is 5.91 Å². The first kappa shape index (κ1) is 13.6. The van der Waals surface area contributed by atoms with Gasteiger partial charge in [0.2, 0.25) is 0 Å². The van der Waals surface area contributed by atoms with Gasteiger partial charge in [0.05, 0.1) is 13.2 Å². The standard InChI is InChI=1S/C13H13ClN2O3/c1-19-7-6-16-12(17)11(15-13(16)18)8-9-4-2-3-5-10(9)14/h2-5,8H,6-7H2,1H3,(H,15,18)/b11-8+. The molecule has 1 heterocycles. The molecule has 2 rings (SSSR count). The third-order valence-corrected chi connectivity index (χ3v) is 3.03. The van der Waals surface area contributed by atoms with Crippen molar-refractivity contribution in [2.45, 2.75) is 0 Å². The van der Waals surface area contributed by atoms with Crippen LogP contribution in [0, 0.1) is 0 Å². The minimum atomic E-state index is -0.444. The molecular weight excluding hydrogens is 268 g/mol. The second-order valence-corrected chi connectivity index (χ2v) is 4.37. The van der Waals surface area contributed by atoms with Crippen molar-refractivity contribution in [3.05, 3.63) is 40.5 Å². The minimum absolute atomic E-state index is 0.217. The van der Waals surface area contributed by atoms with Crippen molar-refractivity contribution in [1.29, 1.82) is 0 Å². The monoisotopic (exact) mass is 280 g/mol. The summed E-state index contributed by atoms with van der Waals surface area (Å²) in [5.74, 6) is -0.373. The van der Waals surface area contributed by atoms with Gasteiger partial charge in [-0.05, 0) is 17.7 Å². The van der Waals surface area contributed by atoms with Crippen LogP contribution in [-0.2, 0) is 9.53 Å². The number of hydrogen-bond acceptors (Lipinski definition) is 3. The number of nitrogens with one attached hydrogen (secondary N) is 1. The number of carbonyl (C=O) groups excluding carboxylic acids is 2. The maximum Gasteiger partial charge on any atom is 0.329 e. The Hall–Kier alpha value is -1.85. The molecule has 6 heteroatoms. The summed E-state index contributed by atoms with van der Waals surface area (Å²) < 4.78 is 4.86. The molecule has 5 nitrogen and oxygen atoms in total. The summed E-state index contributed by atoms with van der Waals surface area (Å²) in [5.41, 5.74) is 0.899. The van der Waals surface area contributed by atoms with E-state index in [1.54, 1.807) is 24.3 Å². The zero-order valence-electron chi connectivity index (χ0n) is 10.4. The smallest absolute Gasteiger partial charge is 0.329 e. The molecule has 19 heavy (non-hydrogen) atoms. The van der Waals surface area contributed by atoms with Gasteiger partial charge in [-0.25, -0.2) is 4.79 Å². The van der Waals surface area contributed by atoms with Crippen LogP contribution in [0.15, 0.2) is 30.0 Å². The molecule has 0 aromatic heterocycles. The Morgan fingerprint density at radius 3 is 2.79 bits per heavy atom. The first-order chi connectivity index (χ1) is 9.13. The summed E-state index contributed by atoms with van der Waals surface area (Å²) in [5, 5.41) is 3.04. The zero-order chi connectivity index (χ0) is 13.8. The SMILES string of the molecule is COCCN1C(=O)N/C(=C/c2ccccc2Cl)C1=O. The van der Waals surface area contributed by atoms with Crippen molar-refractivity contribution < 1.29 is 14.3 Å². The summed E-state index contributed by atoms with van der Waals surface area (Å²) in [6.07, 6.45) is 1.56. The Bertz CT molecular complexity index is 542. The Kier molecular flexibility index (Phi) is 4.19. The molecule has 0 bridgehead atoms. The molecule has 3 amide bonds. The number of ether oxygens (including phenoxy) is 1. The highest BCUT2D eigenvalue weighted by molar-refractivity contribution is 6.32. The van der Waals surface area contributed by atoms with Crippen LogP contribution in [0.5, 0.6) is 0 Å². The van der Waals surface area contributed by atoms with Crippen LogP contribution in [0.1, 0.15) is 5.56 Å². The summed E-state index contributed by atoms with van der Waals surface area (Å²) in [4.78, 5) is 24.8. The van der Waals surface area contributed by atoms with E-state index in [0.717, 1.165) is 4.90 Å². The highest BCUT2D eigenvalue weighted by atomic mass is 35.5. The Morgan fingerprint density at radius 2 is 2.11 bits per heavy atom. The number of nitrogens with zero attached hydrogens (tertiary/aromatic N) is 1. The number of benzene rings is 1. The van der Waals surface area contributed by atoms with E-state index in [1.165, 1.54) is 7.11 Å². The highest BCUT2D eigenvalue weighted by Gasteiger charge is 2.33. The fourth-order valence-corrected chi connectivity index (χ4v) is 1.90. The molecule has 1 aliphatic heterocycles. The lowest BCUT2D eigenvalue weighted by Gasteiger charge is -2.09. The molecule has 1 fully saturated rings. The quantitative estimate of drug-likeness (QED) is 0.677. The lowest BCUT2D eigenvalue weighted by molar-refractivity contribution is -0.123. The van der Waals surface area contributed by atoms with Gasteiger partial charge < -0.3 is 10.1 Å². The Labute approximate surface area is 115 Å². The summed E-state index contributed by atoms with van der Waals surface area (Å²) in [6.45, 7) is 0.527. The average molecular weight is 281 g/mol. The normalized spacial score (nSPS) is 17.2. The van der Waals surface area contributed by atoms with Gasteiger partial charge in [-0.1, -0.05) is 29.8 Å². The Morgan fingerprint density at radius 1 is 1.37 bits per heavy atom. The summed E-state index contributed by atoms with van der Waals surface area (Å²) in [7, 11) is 1.51. The highest BCUT2D eigenvalue weighted by Crippen LogP contribution is 2.20. The molecular formula is C13H13ClN2O3. The van der Waals surface area contributed by atoms with E-state index in [9.17, 15) is 9.59 Å². The molecule has 0 aliphatic carbocycles. The number of methoxy groups -OCH3 is 1. The number of halogens is 1. The van der Waals surface area contributed by atoms with Crippen LogP contribution >= 0.6 is 11.6 Å². The molecule has 0 radical (unpaired) electrons. The molecule has 1 aliphatic rings. The van der Waals surface area contributed by atoms with Crippen LogP contribution < -0.4 is 5.32 Å². The summed E-state index contributed by atoms with van der Waals surface area (Å²) in [6, 6.07) is 6.65. The van der Waals surface area contributed by atoms with Gasteiger partial charge in [0.1, 0.15) is 5.70 Å². The number of hydrogen-bond donors (Lipinski definition) is 1. The molecule has 0 atom stereocenters. The zero-order valence-corrected chi connectivity index (χ0v) is 11.1. The largest absolute Gasteiger partial charge is 0.383 e. The van der Waals surface area contributed by atoms with E-state index in [-0.39, 0.29) is 18.1 Å². The molecule has 1 aromatic carbocycles. The lowest BCUT2D eigenvalue weighted by Crippen LogP contribution is -2.33. The fourth-order valence-electron chi connectivity index (χ4n) is 1.70. The molecule has 0 unspecified atom stereocenters. The number of imide groups is 1. The molecule has 0 saturated carbocycles. The molecule has 0 spiro atoms. The maximum atomic E-state index is 12.0. The van der Waals surface area contributed by atoms with Crippen molar-refractivity contribution in [3.63, 3.8) is 0 Å².